The molecule has 20 heavy (non-hydrogen) atoms. The summed E-state index contributed by atoms with van der Waals surface area (Å²) in [5.41, 5.74) is 8.61. The van der Waals surface area contributed by atoms with Crippen molar-refractivity contribution < 1.29 is 0 Å². The number of nitrogens with two attached hydrogens (primary N) is 1. The first-order chi connectivity index (χ1) is 9.52. The average Bonchev–Trinajstić information content (AvgIpc) is 2.66. The van der Waals surface area contributed by atoms with Crippen molar-refractivity contribution in [3.8, 4) is 0 Å². The lowest BCUT2D eigenvalue weighted by atomic mass is 9.76. The Labute approximate surface area is 127 Å². The molecule has 0 amide bonds. The van der Waals surface area contributed by atoms with Gasteiger partial charge in [-0.1, -0.05) is 44.2 Å². The Morgan fingerprint density at radius 3 is 2.50 bits per heavy atom. The van der Waals surface area contributed by atoms with Gasteiger partial charge in [0.1, 0.15) is 5.15 Å². The number of nitrogens with zero attached hydrogens (tertiary/aromatic N) is 2. The highest BCUT2D eigenvalue weighted by atomic mass is 35.5. The quantitative estimate of drug-likeness (QED) is 0.897. The second-order valence-electron chi connectivity index (χ2n) is 6.42. The van der Waals surface area contributed by atoms with Gasteiger partial charge in [-0.2, -0.15) is 5.10 Å². The van der Waals surface area contributed by atoms with E-state index in [2.05, 4.69) is 12.0 Å². The fourth-order valence-corrected chi connectivity index (χ4v) is 3.87. The van der Waals surface area contributed by atoms with Gasteiger partial charge in [-0.05, 0) is 38.0 Å². The molecule has 1 atom stereocenters. The van der Waals surface area contributed by atoms with E-state index in [-0.39, 0.29) is 6.04 Å². The first-order valence-electron chi connectivity index (χ1n) is 7.96. The molecule has 3 nitrogen and oxygen atoms in total. The van der Waals surface area contributed by atoms with Crippen LogP contribution in [0.1, 0.15) is 56.7 Å². The monoisotopic (exact) mass is 297 g/mol. The maximum absolute atomic E-state index is 6.45. The maximum Gasteiger partial charge on any atom is 0.130 e. The van der Waals surface area contributed by atoms with E-state index in [1.165, 1.54) is 38.5 Å². The fraction of sp³-hybridized carbons (Fsp3) is 0.812. The van der Waals surface area contributed by atoms with E-state index in [1.807, 2.05) is 14.0 Å². The van der Waals surface area contributed by atoms with Crippen molar-refractivity contribution in [3.63, 3.8) is 0 Å². The third-order valence-corrected chi connectivity index (χ3v) is 5.38. The summed E-state index contributed by atoms with van der Waals surface area (Å²) in [7, 11) is 1.89. The molecule has 1 aromatic heterocycles. The van der Waals surface area contributed by atoms with Gasteiger partial charge in [0.2, 0.25) is 0 Å². The Kier molecular flexibility index (Phi) is 5.50. The zero-order valence-corrected chi connectivity index (χ0v) is 13.8. The number of aromatic nitrogens is 2. The normalized spacial score (nSPS) is 24.9. The Morgan fingerprint density at radius 2 is 2.00 bits per heavy atom. The van der Waals surface area contributed by atoms with Gasteiger partial charge in [-0.25, -0.2) is 0 Å². The molecular weight excluding hydrogens is 270 g/mol. The highest BCUT2D eigenvalue weighted by molar-refractivity contribution is 6.30. The van der Waals surface area contributed by atoms with E-state index in [1.54, 1.807) is 4.68 Å². The third-order valence-electron chi connectivity index (χ3n) is 4.90. The van der Waals surface area contributed by atoms with Crippen LogP contribution in [0.3, 0.4) is 0 Å². The van der Waals surface area contributed by atoms with E-state index in [0.29, 0.717) is 5.92 Å². The van der Waals surface area contributed by atoms with Gasteiger partial charge < -0.3 is 5.73 Å². The first-order valence-corrected chi connectivity index (χ1v) is 8.34. The summed E-state index contributed by atoms with van der Waals surface area (Å²) in [6.07, 6.45) is 8.83. The molecule has 4 heteroatoms. The summed E-state index contributed by atoms with van der Waals surface area (Å²) in [5.74, 6) is 1.59. The van der Waals surface area contributed by atoms with Crippen LogP contribution >= 0.6 is 11.6 Å². The molecule has 0 aromatic carbocycles. The molecule has 1 heterocycles. The van der Waals surface area contributed by atoms with Crippen molar-refractivity contribution in [2.45, 2.75) is 64.8 Å². The van der Waals surface area contributed by atoms with Crippen LogP contribution in [-0.2, 0) is 13.5 Å². The molecule has 1 aromatic rings. The number of hydrogen-bond donors (Lipinski definition) is 1. The number of aryl methyl sites for hydroxylation is 2. The molecule has 2 N–H and O–H groups in total. The molecule has 0 bridgehead atoms. The minimum atomic E-state index is 0.220. The zero-order chi connectivity index (χ0) is 14.7. The van der Waals surface area contributed by atoms with Crippen molar-refractivity contribution in [1.82, 2.24) is 9.78 Å². The van der Waals surface area contributed by atoms with E-state index >= 15 is 0 Å². The summed E-state index contributed by atoms with van der Waals surface area (Å²) in [5, 5.41) is 5.12. The lowest BCUT2D eigenvalue weighted by molar-refractivity contribution is 0.232. The molecule has 0 radical (unpaired) electrons. The summed E-state index contributed by atoms with van der Waals surface area (Å²) >= 11 is 6.31. The van der Waals surface area contributed by atoms with Gasteiger partial charge in [-0.15, -0.1) is 0 Å². The van der Waals surface area contributed by atoms with Crippen LogP contribution in [0.2, 0.25) is 5.15 Å². The SMILES string of the molecule is CCCC1CCC(C(N)Cc2c(C)nn(C)c2Cl)CC1. The predicted molar refractivity (Wildman–Crippen MR) is 85.0 cm³/mol. The molecule has 1 unspecified atom stereocenters. The van der Waals surface area contributed by atoms with Gasteiger partial charge in [-0.3, -0.25) is 4.68 Å². The lowest BCUT2D eigenvalue weighted by Gasteiger charge is -2.32. The van der Waals surface area contributed by atoms with Crippen LogP contribution in [0.25, 0.3) is 0 Å². The van der Waals surface area contributed by atoms with Crippen molar-refractivity contribution >= 4 is 11.6 Å². The van der Waals surface area contributed by atoms with Crippen molar-refractivity contribution in [2.75, 3.05) is 0 Å². The van der Waals surface area contributed by atoms with Crippen LogP contribution in [0.4, 0.5) is 0 Å². The van der Waals surface area contributed by atoms with Crippen LogP contribution in [-0.4, -0.2) is 15.8 Å². The second kappa shape index (κ2) is 6.95. The Bertz CT molecular complexity index is 433. The zero-order valence-electron chi connectivity index (χ0n) is 13.0. The van der Waals surface area contributed by atoms with Crippen LogP contribution in [0, 0.1) is 18.8 Å². The molecule has 2 rings (SSSR count). The summed E-state index contributed by atoms with van der Waals surface area (Å²) in [4.78, 5) is 0. The smallest absolute Gasteiger partial charge is 0.130 e. The molecular formula is C16H28ClN3. The van der Waals surface area contributed by atoms with Crippen LogP contribution < -0.4 is 5.73 Å². The maximum atomic E-state index is 6.45. The van der Waals surface area contributed by atoms with Gasteiger partial charge in [0.25, 0.3) is 0 Å². The molecule has 0 saturated heterocycles. The van der Waals surface area contributed by atoms with Gasteiger partial charge in [0.15, 0.2) is 0 Å². The van der Waals surface area contributed by atoms with Crippen molar-refractivity contribution in [2.24, 2.45) is 24.6 Å². The topological polar surface area (TPSA) is 43.8 Å². The number of hydrogen-bond acceptors (Lipinski definition) is 2. The van der Waals surface area contributed by atoms with E-state index in [4.69, 9.17) is 17.3 Å². The number of rotatable bonds is 5. The standard InChI is InChI=1S/C16H28ClN3/c1-4-5-12-6-8-13(9-7-12)15(18)10-14-11(2)19-20(3)16(14)17/h12-13,15H,4-10,18H2,1-3H3. The molecule has 1 fully saturated rings. The Morgan fingerprint density at radius 1 is 1.35 bits per heavy atom. The average molecular weight is 298 g/mol. The third kappa shape index (κ3) is 3.56. The van der Waals surface area contributed by atoms with Gasteiger partial charge in [0, 0.05) is 18.7 Å². The highest BCUT2D eigenvalue weighted by Crippen LogP contribution is 2.34. The van der Waals surface area contributed by atoms with Gasteiger partial charge >= 0.3 is 0 Å². The summed E-state index contributed by atoms with van der Waals surface area (Å²) in [6.45, 7) is 4.30. The summed E-state index contributed by atoms with van der Waals surface area (Å²) in [6, 6.07) is 0.220. The molecule has 0 spiro atoms. The highest BCUT2D eigenvalue weighted by Gasteiger charge is 2.26. The molecule has 1 aliphatic carbocycles. The lowest BCUT2D eigenvalue weighted by Crippen LogP contribution is -2.35. The molecule has 1 aliphatic rings. The van der Waals surface area contributed by atoms with Gasteiger partial charge in [0.05, 0.1) is 5.69 Å². The van der Waals surface area contributed by atoms with E-state index in [9.17, 15) is 0 Å². The Hall–Kier alpha value is -0.540. The Balaban J connectivity index is 1.91. The van der Waals surface area contributed by atoms with Crippen molar-refractivity contribution in [3.05, 3.63) is 16.4 Å². The van der Waals surface area contributed by atoms with Crippen molar-refractivity contribution in [1.29, 1.82) is 0 Å². The largest absolute Gasteiger partial charge is 0.327 e. The van der Waals surface area contributed by atoms with E-state index in [0.717, 1.165) is 28.7 Å². The first kappa shape index (κ1) is 15.8. The molecule has 1 saturated carbocycles. The second-order valence-corrected chi connectivity index (χ2v) is 6.77. The predicted octanol–water partition coefficient (Wildman–Crippen LogP) is 3.86. The van der Waals surface area contributed by atoms with Crippen LogP contribution in [0.5, 0.6) is 0 Å². The minimum Gasteiger partial charge on any atom is -0.327 e. The molecule has 0 aliphatic heterocycles. The van der Waals surface area contributed by atoms with E-state index < -0.39 is 0 Å². The number of halogens is 1. The summed E-state index contributed by atoms with van der Waals surface area (Å²) < 4.78 is 1.75. The van der Waals surface area contributed by atoms with Crippen LogP contribution in [0.15, 0.2) is 0 Å². The fourth-order valence-electron chi connectivity index (χ4n) is 3.62. The molecule has 114 valence electrons. The minimum absolute atomic E-state index is 0.220.